The number of hydrogen-bond donors (Lipinski definition) is 2. The first kappa shape index (κ1) is 18.1. The molecule has 2 N–H and O–H groups in total. The number of carbonyl (C=O) groups excluding carboxylic acids is 2. The first-order chi connectivity index (χ1) is 11.5. The van der Waals surface area contributed by atoms with E-state index in [1.165, 1.54) is 22.7 Å². The Balaban J connectivity index is 2.29. The number of hydrogen-bond acceptors (Lipinski definition) is 6. The third-order valence-electron chi connectivity index (χ3n) is 3.60. The summed E-state index contributed by atoms with van der Waals surface area (Å²) in [5, 5.41) is 18.3. The average Bonchev–Trinajstić information content (AvgIpc) is 2.98. The number of ether oxygens (including phenoxy) is 1. The number of thioether (sulfide) groups is 1. The van der Waals surface area contributed by atoms with Gasteiger partial charge in [0, 0.05) is 17.7 Å². The number of rotatable bonds is 6. The molecule has 130 valence electrons. The molecule has 0 bridgehead atoms. The molecule has 8 heteroatoms. The van der Waals surface area contributed by atoms with Gasteiger partial charge >= 0.3 is 11.9 Å². The number of carbonyl (C=O) groups is 3. The van der Waals surface area contributed by atoms with Crippen LogP contribution in [0.1, 0.15) is 30.7 Å². The average molecular weight is 353 g/mol. The van der Waals surface area contributed by atoms with Crippen molar-refractivity contribution in [2.45, 2.75) is 31.2 Å². The number of para-hydroxylation sites is 1. The zero-order valence-electron chi connectivity index (χ0n) is 13.2. The molecule has 1 fully saturated rings. The van der Waals surface area contributed by atoms with Crippen LogP contribution in [0.5, 0.6) is 5.75 Å². The first-order valence-electron chi connectivity index (χ1n) is 7.54. The van der Waals surface area contributed by atoms with Crippen molar-refractivity contribution in [3.63, 3.8) is 0 Å². The van der Waals surface area contributed by atoms with Gasteiger partial charge in [-0.25, -0.2) is 4.79 Å². The number of aliphatic carboxylic acids is 1. The van der Waals surface area contributed by atoms with Gasteiger partial charge in [-0.2, -0.15) is 0 Å². The number of esters is 1. The van der Waals surface area contributed by atoms with Gasteiger partial charge in [0.2, 0.25) is 5.91 Å². The van der Waals surface area contributed by atoms with E-state index in [2.05, 4.69) is 0 Å². The van der Waals surface area contributed by atoms with E-state index < -0.39 is 29.3 Å². The van der Waals surface area contributed by atoms with Crippen LogP contribution >= 0.6 is 11.8 Å². The van der Waals surface area contributed by atoms with Crippen molar-refractivity contribution in [2.75, 3.05) is 12.4 Å². The fourth-order valence-corrected chi connectivity index (χ4v) is 3.98. The third kappa shape index (κ3) is 4.00. The predicted octanol–water partition coefficient (Wildman–Crippen LogP) is 1.76. The monoisotopic (exact) mass is 353 g/mol. The Morgan fingerprint density at radius 1 is 1.29 bits per heavy atom. The van der Waals surface area contributed by atoms with Gasteiger partial charge in [-0.05, 0) is 13.0 Å². The van der Waals surface area contributed by atoms with Gasteiger partial charge in [-0.1, -0.05) is 18.2 Å². The van der Waals surface area contributed by atoms with Crippen LogP contribution < -0.4 is 0 Å². The van der Waals surface area contributed by atoms with Crippen molar-refractivity contribution < 1.29 is 29.3 Å². The van der Waals surface area contributed by atoms with E-state index in [9.17, 15) is 19.5 Å². The number of phenols is 1. The van der Waals surface area contributed by atoms with Crippen molar-refractivity contribution in [3.8, 4) is 5.75 Å². The van der Waals surface area contributed by atoms with Crippen molar-refractivity contribution in [2.24, 2.45) is 0 Å². The molecule has 0 aromatic heterocycles. The Bertz CT molecular complexity index is 635. The second kappa shape index (κ2) is 8.05. The van der Waals surface area contributed by atoms with Gasteiger partial charge in [0.05, 0.1) is 13.0 Å². The van der Waals surface area contributed by atoms with Crippen LogP contribution in [0.25, 0.3) is 0 Å². The molecule has 0 radical (unpaired) electrons. The molecule has 1 amide bonds. The van der Waals surface area contributed by atoms with Crippen LogP contribution in [0.3, 0.4) is 0 Å². The summed E-state index contributed by atoms with van der Waals surface area (Å²) in [5.74, 6) is -1.70. The van der Waals surface area contributed by atoms with E-state index in [-0.39, 0.29) is 25.2 Å². The van der Waals surface area contributed by atoms with Crippen LogP contribution in [-0.2, 0) is 19.1 Å². The molecule has 1 aliphatic heterocycles. The van der Waals surface area contributed by atoms with E-state index in [1.54, 1.807) is 25.1 Å². The second-order valence-electron chi connectivity index (χ2n) is 5.21. The number of phenolic OH excluding ortho intramolecular Hbond substituents is 1. The Morgan fingerprint density at radius 3 is 2.62 bits per heavy atom. The molecule has 1 aliphatic rings. The Kier molecular flexibility index (Phi) is 6.08. The van der Waals surface area contributed by atoms with Gasteiger partial charge in [0.25, 0.3) is 0 Å². The highest BCUT2D eigenvalue weighted by Gasteiger charge is 2.43. The lowest BCUT2D eigenvalue weighted by Gasteiger charge is -2.28. The molecule has 0 saturated carbocycles. The maximum absolute atomic E-state index is 12.5. The summed E-state index contributed by atoms with van der Waals surface area (Å²) in [6.07, 6.45) is -0.529. The highest BCUT2D eigenvalue weighted by atomic mass is 32.2. The second-order valence-corrected chi connectivity index (χ2v) is 6.32. The third-order valence-corrected chi connectivity index (χ3v) is 4.91. The van der Waals surface area contributed by atoms with E-state index in [0.717, 1.165) is 0 Å². The number of benzene rings is 1. The van der Waals surface area contributed by atoms with Gasteiger partial charge in [0.15, 0.2) is 0 Å². The van der Waals surface area contributed by atoms with E-state index in [0.29, 0.717) is 11.3 Å². The Hall–Kier alpha value is -2.22. The molecule has 2 atom stereocenters. The summed E-state index contributed by atoms with van der Waals surface area (Å²) in [6, 6.07) is 5.79. The standard InChI is InChI=1S/C16H19NO6S/c1-2-23-16(22)11-9-24-15(10-5-3-4-6-12(10)18)17(11)13(19)7-8-14(20)21/h3-6,11,15,18H,2,7-9H2,1H3,(H,20,21)/t11-,15?/m0/s1. The normalized spacial score (nSPS) is 20.0. The summed E-state index contributed by atoms with van der Waals surface area (Å²) in [7, 11) is 0. The SMILES string of the molecule is CCOC(=O)[C@@H]1CSC(c2ccccc2O)N1C(=O)CCC(=O)O. The zero-order valence-corrected chi connectivity index (χ0v) is 14.0. The lowest BCUT2D eigenvalue weighted by molar-refractivity contribution is -0.154. The highest BCUT2D eigenvalue weighted by Crippen LogP contribution is 2.44. The fraction of sp³-hybridized carbons (Fsp3) is 0.438. The summed E-state index contributed by atoms with van der Waals surface area (Å²) >= 11 is 1.34. The lowest BCUT2D eigenvalue weighted by atomic mass is 10.1. The van der Waals surface area contributed by atoms with Gasteiger partial charge in [-0.3, -0.25) is 9.59 Å². The molecular formula is C16H19NO6S. The van der Waals surface area contributed by atoms with Crippen LogP contribution in [0, 0.1) is 0 Å². The Morgan fingerprint density at radius 2 is 2.00 bits per heavy atom. The number of nitrogens with zero attached hydrogens (tertiary/aromatic N) is 1. The molecular weight excluding hydrogens is 334 g/mol. The maximum Gasteiger partial charge on any atom is 0.329 e. The summed E-state index contributed by atoms with van der Waals surface area (Å²) in [5.41, 5.74) is 0.512. The molecule has 0 spiro atoms. The molecule has 1 aromatic carbocycles. The minimum atomic E-state index is -1.08. The van der Waals surface area contributed by atoms with Crippen LogP contribution in [-0.4, -0.2) is 51.4 Å². The molecule has 2 rings (SSSR count). The fourth-order valence-electron chi connectivity index (χ4n) is 2.51. The Labute approximate surface area is 143 Å². The topological polar surface area (TPSA) is 104 Å². The summed E-state index contributed by atoms with van der Waals surface area (Å²) < 4.78 is 5.02. The van der Waals surface area contributed by atoms with E-state index in [1.807, 2.05) is 0 Å². The molecule has 1 aromatic rings. The molecule has 7 nitrogen and oxygen atoms in total. The summed E-state index contributed by atoms with van der Waals surface area (Å²) in [4.78, 5) is 36.7. The van der Waals surface area contributed by atoms with Crippen molar-refractivity contribution in [1.29, 1.82) is 0 Å². The molecule has 1 heterocycles. The van der Waals surface area contributed by atoms with Crippen molar-refractivity contribution in [1.82, 2.24) is 4.90 Å². The summed E-state index contributed by atoms with van der Waals surface area (Å²) in [6.45, 7) is 1.87. The quantitative estimate of drug-likeness (QED) is 0.751. The number of amides is 1. The van der Waals surface area contributed by atoms with Gasteiger partial charge in [0.1, 0.15) is 17.2 Å². The minimum Gasteiger partial charge on any atom is -0.508 e. The van der Waals surface area contributed by atoms with Crippen LogP contribution in [0.15, 0.2) is 24.3 Å². The van der Waals surface area contributed by atoms with Crippen LogP contribution in [0.4, 0.5) is 0 Å². The number of carboxylic acid groups (broad SMARTS) is 1. The number of aromatic hydroxyl groups is 1. The van der Waals surface area contributed by atoms with E-state index in [4.69, 9.17) is 9.84 Å². The van der Waals surface area contributed by atoms with E-state index >= 15 is 0 Å². The van der Waals surface area contributed by atoms with Gasteiger partial charge in [-0.15, -0.1) is 11.8 Å². The molecule has 0 aliphatic carbocycles. The number of carboxylic acids is 1. The van der Waals surface area contributed by atoms with Crippen molar-refractivity contribution >= 4 is 29.6 Å². The van der Waals surface area contributed by atoms with Gasteiger partial charge < -0.3 is 19.8 Å². The largest absolute Gasteiger partial charge is 0.508 e. The zero-order chi connectivity index (χ0) is 17.7. The smallest absolute Gasteiger partial charge is 0.329 e. The minimum absolute atomic E-state index is 0.0237. The molecule has 24 heavy (non-hydrogen) atoms. The maximum atomic E-state index is 12.5. The lowest BCUT2D eigenvalue weighted by Crippen LogP contribution is -2.44. The first-order valence-corrected chi connectivity index (χ1v) is 8.59. The van der Waals surface area contributed by atoms with Crippen molar-refractivity contribution in [3.05, 3.63) is 29.8 Å². The predicted molar refractivity (Wildman–Crippen MR) is 87.4 cm³/mol. The molecule has 1 saturated heterocycles. The molecule has 1 unspecified atom stereocenters. The van der Waals surface area contributed by atoms with Crippen LogP contribution in [0.2, 0.25) is 0 Å². The highest BCUT2D eigenvalue weighted by molar-refractivity contribution is 7.99.